The summed E-state index contributed by atoms with van der Waals surface area (Å²) in [4.78, 5) is 9.32. The highest BCUT2D eigenvalue weighted by Gasteiger charge is 2.17. The van der Waals surface area contributed by atoms with Crippen LogP contribution in [0.3, 0.4) is 0 Å². The standard InChI is InChI=1S/C17H23N3/c1-3-7-16(4-2)14-19-10-12-20(13-11-19)15-17-8-5-6-9-18-17/h3-9H,1-2,10-15H2/b16-7+. The van der Waals surface area contributed by atoms with Crippen molar-refractivity contribution < 1.29 is 0 Å². The van der Waals surface area contributed by atoms with Gasteiger partial charge in [0, 0.05) is 45.5 Å². The van der Waals surface area contributed by atoms with Gasteiger partial charge in [-0.3, -0.25) is 14.8 Å². The van der Waals surface area contributed by atoms with Crippen LogP contribution in [0.15, 0.2) is 61.4 Å². The predicted molar refractivity (Wildman–Crippen MR) is 84.4 cm³/mol. The smallest absolute Gasteiger partial charge is 0.0543 e. The molecule has 0 radical (unpaired) electrons. The molecule has 106 valence electrons. The maximum Gasteiger partial charge on any atom is 0.0543 e. The number of rotatable bonds is 6. The first-order valence-electron chi connectivity index (χ1n) is 7.10. The van der Waals surface area contributed by atoms with E-state index in [9.17, 15) is 0 Å². The van der Waals surface area contributed by atoms with Gasteiger partial charge in [0.05, 0.1) is 5.69 Å². The van der Waals surface area contributed by atoms with Crippen LogP contribution < -0.4 is 0 Å². The van der Waals surface area contributed by atoms with Crippen LogP contribution in [0.1, 0.15) is 5.69 Å². The van der Waals surface area contributed by atoms with Gasteiger partial charge >= 0.3 is 0 Å². The Morgan fingerprint density at radius 1 is 1.15 bits per heavy atom. The SMILES string of the molecule is C=C/C=C(\C=C)CN1CCN(Cc2ccccn2)CC1. The molecule has 0 bridgehead atoms. The van der Waals surface area contributed by atoms with Crippen LogP contribution in [-0.4, -0.2) is 47.5 Å². The molecule has 0 aromatic carbocycles. The number of pyridine rings is 1. The van der Waals surface area contributed by atoms with E-state index in [1.807, 2.05) is 30.5 Å². The number of allylic oxidation sites excluding steroid dienone is 2. The lowest BCUT2D eigenvalue weighted by Crippen LogP contribution is -2.46. The summed E-state index contributed by atoms with van der Waals surface area (Å²) in [5.74, 6) is 0. The molecule has 0 aliphatic carbocycles. The Kier molecular flexibility index (Phi) is 5.71. The zero-order valence-corrected chi connectivity index (χ0v) is 12.0. The Balaban J connectivity index is 1.79. The Bertz CT molecular complexity index is 456. The molecular weight excluding hydrogens is 246 g/mol. The van der Waals surface area contributed by atoms with Crippen LogP contribution >= 0.6 is 0 Å². The molecule has 0 unspecified atom stereocenters. The number of hydrogen-bond donors (Lipinski definition) is 0. The van der Waals surface area contributed by atoms with Crippen molar-refractivity contribution >= 4 is 0 Å². The molecule has 1 aliphatic rings. The average Bonchev–Trinajstić information content (AvgIpc) is 2.50. The van der Waals surface area contributed by atoms with E-state index in [0.717, 1.165) is 45.0 Å². The fourth-order valence-electron chi connectivity index (χ4n) is 2.42. The number of aromatic nitrogens is 1. The molecule has 1 aliphatic heterocycles. The molecule has 0 atom stereocenters. The first-order chi connectivity index (χ1) is 9.81. The van der Waals surface area contributed by atoms with E-state index in [1.54, 1.807) is 0 Å². The van der Waals surface area contributed by atoms with E-state index in [1.165, 1.54) is 5.57 Å². The van der Waals surface area contributed by atoms with E-state index in [4.69, 9.17) is 0 Å². The molecule has 1 saturated heterocycles. The molecule has 3 nitrogen and oxygen atoms in total. The molecule has 0 saturated carbocycles. The quantitative estimate of drug-likeness (QED) is 0.740. The normalized spacial score (nSPS) is 17.9. The van der Waals surface area contributed by atoms with E-state index in [0.29, 0.717) is 0 Å². The zero-order valence-electron chi connectivity index (χ0n) is 12.0. The van der Waals surface area contributed by atoms with Crippen LogP contribution in [0, 0.1) is 0 Å². The van der Waals surface area contributed by atoms with Gasteiger partial charge in [0.15, 0.2) is 0 Å². The topological polar surface area (TPSA) is 19.4 Å². The van der Waals surface area contributed by atoms with E-state index < -0.39 is 0 Å². The van der Waals surface area contributed by atoms with Gasteiger partial charge in [-0.05, 0) is 17.7 Å². The lowest BCUT2D eigenvalue weighted by atomic mass is 10.2. The van der Waals surface area contributed by atoms with E-state index in [2.05, 4.69) is 40.1 Å². The molecule has 20 heavy (non-hydrogen) atoms. The van der Waals surface area contributed by atoms with Gasteiger partial charge in [-0.1, -0.05) is 37.5 Å². The second-order valence-corrected chi connectivity index (χ2v) is 5.05. The van der Waals surface area contributed by atoms with Gasteiger partial charge < -0.3 is 0 Å². The van der Waals surface area contributed by atoms with Crippen LogP contribution in [0.4, 0.5) is 0 Å². The highest BCUT2D eigenvalue weighted by molar-refractivity contribution is 5.22. The first-order valence-corrected chi connectivity index (χ1v) is 7.10. The van der Waals surface area contributed by atoms with Crippen molar-refractivity contribution in [2.75, 3.05) is 32.7 Å². The molecule has 0 N–H and O–H groups in total. The van der Waals surface area contributed by atoms with Crippen LogP contribution in [0.25, 0.3) is 0 Å². The van der Waals surface area contributed by atoms with E-state index in [-0.39, 0.29) is 0 Å². The summed E-state index contributed by atoms with van der Waals surface area (Å²) in [5, 5.41) is 0. The molecule has 2 rings (SSSR count). The minimum atomic E-state index is 0.950. The molecule has 1 aromatic heterocycles. The summed E-state index contributed by atoms with van der Waals surface area (Å²) >= 11 is 0. The highest BCUT2D eigenvalue weighted by atomic mass is 15.3. The Labute approximate surface area is 121 Å². The fourth-order valence-corrected chi connectivity index (χ4v) is 2.42. The van der Waals surface area contributed by atoms with Crippen molar-refractivity contribution in [3.05, 3.63) is 67.0 Å². The molecule has 0 spiro atoms. The van der Waals surface area contributed by atoms with Crippen molar-refractivity contribution in [2.45, 2.75) is 6.54 Å². The van der Waals surface area contributed by atoms with Crippen LogP contribution in [-0.2, 0) is 6.54 Å². The minimum absolute atomic E-state index is 0.950. The summed E-state index contributed by atoms with van der Waals surface area (Å²) in [7, 11) is 0. The van der Waals surface area contributed by atoms with Crippen LogP contribution in [0.5, 0.6) is 0 Å². The molecule has 1 aromatic rings. The molecule has 0 amide bonds. The highest BCUT2D eigenvalue weighted by Crippen LogP contribution is 2.09. The summed E-state index contributed by atoms with van der Waals surface area (Å²) in [5.41, 5.74) is 2.39. The van der Waals surface area contributed by atoms with Gasteiger partial charge in [0.25, 0.3) is 0 Å². The Morgan fingerprint density at radius 2 is 1.90 bits per heavy atom. The van der Waals surface area contributed by atoms with Gasteiger partial charge in [0.1, 0.15) is 0 Å². The maximum absolute atomic E-state index is 4.39. The van der Waals surface area contributed by atoms with E-state index >= 15 is 0 Å². The van der Waals surface area contributed by atoms with Gasteiger partial charge in [-0.15, -0.1) is 0 Å². The first kappa shape index (κ1) is 14.7. The third kappa shape index (κ3) is 4.44. The maximum atomic E-state index is 4.39. The lowest BCUT2D eigenvalue weighted by Gasteiger charge is -2.34. The fraction of sp³-hybridized carbons (Fsp3) is 0.353. The second-order valence-electron chi connectivity index (χ2n) is 5.05. The monoisotopic (exact) mass is 269 g/mol. The van der Waals surface area contributed by atoms with Crippen molar-refractivity contribution in [3.8, 4) is 0 Å². The summed E-state index contributed by atoms with van der Waals surface area (Å²) in [6, 6.07) is 6.11. The number of piperazine rings is 1. The Morgan fingerprint density at radius 3 is 2.50 bits per heavy atom. The van der Waals surface area contributed by atoms with Gasteiger partial charge in [-0.2, -0.15) is 0 Å². The minimum Gasteiger partial charge on any atom is -0.297 e. The number of nitrogens with zero attached hydrogens (tertiary/aromatic N) is 3. The zero-order chi connectivity index (χ0) is 14.2. The molecule has 3 heteroatoms. The molecular formula is C17H23N3. The van der Waals surface area contributed by atoms with Crippen molar-refractivity contribution in [2.24, 2.45) is 0 Å². The largest absolute Gasteiger partial charge is 0.297 e. The van der Waals surface area contributed by atoms with Crippen molar-refractivity contribution in [1.29, 1.82) is 0 Å². The predicted octanol–water partition coefficient (Wildman–Crippen LogP) is 2.50. The second kappa shape index (κ2) is 7.78. The average molecular weight is 269 g/mol. The number of hydrogen-bond acceptors (Lipinski definition) is 3. The van der Waals surface area contributed by atoms with Crippen LogP contribution in [0.2, 0.25) is 0 Å². The third-order valence-electron chi connectivity index (χ3n) is 3.58. The summed E-state index contributed by atoms with van der Waals surface area (Å²) < 4.78 is 0. The summed E-state index contributed by atoms with van der Waals surface area (Å²) in [6.45, 7) is 13.9. The molecule has 1 fully saturated rings. The summed E-state index contributed by atoms with van der Waals surface area (Å²) in [6.07, 6.45) is 7.64. The Hall–Kier alpha value is -1.71. The lowest BCUT2D eigenvalue weighted by molar-refractivity contribution is 0.134. The molecule has 2 heterocycles. The van der Waals surface area contributed by atoms with Gasteiger partial charge in [0.2, 0.25) is 0 Å². The van der Waals surface area contributed by atoms with Crippen molar-refractivity contribution in [3.63, 3.8) is 0 Å². The third-order valence-corrected chi connectivity index (χ3v) is 3.58. The van der Waals surface area contributed by atoms with Crippen molar-refractivity contribution in [1.82, 2.24) is 14.8 Å². The van der Waals surface area contributed by atoms with Gasteiger partial charge in [-0.25, -0.2) is 0 Å².